The van der Waals surface area contributed by atoms with E-state index < -0.39 is 27.9 Å². The molecule has 0 aromatic heterocycles. The molecule has 1 heterocycles. The van der Waals surface area contributed by atoms with Crippen LogP contribution in [0.25, 0.3) is 6.08 Å². The lowest BCUT2D eigenvalue weighted by atomic mass is 9.82. The van der Waals surface area contributed by atoms with Crippen LogP contribution in [0.2, 0.25) is 0 Å². The number of nitrogens with zero attached hydrogens (tertiary/aromatic N) is 3. The van der Waals surface area contributed by atoms with E-state index in [1.54, 1.807) is 17.6 Å². The van der Waals surface area contributed by atoms with Crippen molar-refractivity contribution in [1.82, 2.24) is 25.7 Å². The SMILES string of the molecule is CC(C)C[C@@H](C(=O)NN(CC(C)C)C(=O)CN1CCN(C)CC1)[C@H](C/C=C/c1ccccc1)C(=O)NO.Cc1ccc(S(=O)(=O)O)cc1. The zero-order chi connectivity index (χ0) is 35.9. The molecule has 0 unspecified atom stereocenters. The molecule has 0 bridgehead atoms. The van der Waals surface area contributed by atoms with Gasteiger partial charge < -0.3 is 4.90 Å². The molecule has 2 aromatic rings. The minimum Gasteiger partial charge on any atom is -0.304 e. The molecule has 0 saturated carbocycles. The predicted molar refractivity (Wildman–Crippen MR) is 186 cm³/mol. The van der Waals surface area contributed by atoms with Crippen LogP contribution in [0.15, 0.2) is 65.6 Å². The highest BCUT2D eigenvalue weighted by Crippen LogP contribution is 2.26. The third-order valence-electron chi connectivity index (χ3n) is 7.86. The lowest BCUT2D eigenvalue weighted by Crippen LogP contribution is -2.55. The zero-order valence-corrected chi connectivity index (χ0v) is 29.8. The number of piperazine rings is 1. The van der Waals surface area contributed by atoms with Crippen molar-refractivity contribution in [2.75, 3.05) is 46.3 Å². The van der Waals surface area contributed by atoms with Crippen LogP contribution in [0, 0.1) is 30.6 Å². The Morgan fingerprint density at radius 1 is 0.896 bits per heavy atom. The summed E-state index contributed by atoms with van der Waals surface area (Å²) in [5.74, 6) is -2.41. The first-order chi connectivity index (χ1) is 22.6. The summed E-state index contributed by atoms with van der Waals surface area (Å²) in [5, 5.41) is 10.9. The van der Waals surface area contributed by atoms with Gasteiger partial charge in [-0.05, 0) is 56.3 Å². The molecule has 3 rings (SSSR count). The van der Waals surface area contributed by atoms with Gasteiger partial charge in [-0.1, -0.05) is 87.9 Å². The maximum Gasteiger partial charge on any atom is 0.294 e. The number of allylic oxidation sites excluding steroid dienone is 1. The highest BCUT2D eigenvalue weighted by Gasteiger charge is 2.35. The Labute approximate surface area is 285 Å². The van der Waals surface area contributed by atoms with Crippen LogP contribution in [-0.4, -0.2) is 97.0 Å². The molecule has 266 valence electrons. The van der Waals surface area contributed by atoms with Gasteiger partial charge in [-0.3, -0.25) is 39.5 Å². The molecule has 2 atom stereocenters. The van der Waals surface area contributed by atoms with Gasteiger partial charge in [0.1, 0.15) is 0 Å². The molecule has 1 fully saturated rings. The van der Waals surface area contributed by atoms with Crippen molar-refractivity contribution in [3.05, 3.63) is 71.8 Å². The van der Waals surface area contributed by atoms with E-state index >= 15 is 0 Å². The molecule has 4 N–H and O–H groups in total. The fourth-order valence-electron chi connectivity index (χ4n) is 5.20. The highest BCUT2D eigenvalue weighted by molar-refractivity contribution is 7.85. The Balaban J connectivity index is 0.000000613. The number of hydrogen-bond acceptors (Lipinski definition) is 8. The van der Waals surface area contributed by atoms with E-state index in [2.05, 4.69) is 22.3 Å². The number of rotatable bonds is 13. The normalized spacial score (nSPS) is 15.5. The standard InChI is InChI=1S/C28H45N5O4.C7H8O3S/c1-21(2)18-25(24(28(36)30-37)13-9-12-23-10-7-6-8-11-23)27(35)29-33(19-22(3)4)26(34)20-32-16-14-31(5)15-17-32;1-6-2-4-7(5-3-6)11(8,9)10/h6-12,21-22,24-25,37H,13-20H2,1-5H3,(H,29,35)(H,30,36);2-5H,1H3,(H,8,9,10)/b12-9+;/t24-,25+;/m0./s1. The predicted octanol–water partition coefficient (Wildman–Crippen LogP) is 3.88. The molecule has 1 aliphatic rings. The first-order valence-electron chi connectivity index (χ1n) is 16.3. The monoisotopic (exact) mass is 687 g/mol. The minimum absolute atomic E-state index is 0.0666. The molecule has 48 heavy (non-hydrogen) atoms. The number of amides is 3. The number of benzene rings is 2. The van der Waals surface area contributed by atoms with E-state index in [1.807, 2.05) is 77.1 Å². The second-order valence-corrected chi connectivity index (χ2v) is 14.5. The average Bonchev–Trinajstić information content (AvgIpc) is 3.03. The lowest BCUT2D eigenvalue weighted by Gasteiger charge is -2.34. The van der Waals surface area contributed by atoms with Crippen LogP contribution in [0.5, 0.6) is 0 Å². The minimum atomic E-state index is -4.02. The summed E-state index contributed by atoms with van der Waals surface area (Å²) >= 11 is 0. The van der Waals surface area contributed by atoms with E-state index in [-0.39, 0.29) is 41.5 Å². The van der Waals surface area contributed by atoms with Crippen LogP contribution in [0.3, 0.4) is 0 Å². The maximum absolute atomic E-state index is 13.6. The largest absolute Gasteiger partial charge is 0.304 e. The molecular weight excluding hydrogens is 634 g/mol. The van der Waals surface area contributed by atoms with Crippen LogP contribution >= 0.6 is 0 Å². The van der Waals surface area contributed by atoms with E-state index in [4.69, 9.17) is 4.55 Å². The molecule has 0 radical (unpaired) electrons. The van der Waals surface area contributed by atoms with E-state index in [1.165, 1.54) is 17.1 Å². The number of likely N-dealkylation sites (N-methyl/N-ethyl adjacent to an activating group) is 1. The van der Waals surface area contributed by atoms with Crippen molar-refractivity contribution < 1.29 is 32.6 Å². The summed E-state index contributed by atoms with van der Waals surface area (Å²) in [7, 11) is -1.96. The van der Waals surface area contributed by atoms with Gasteiger partial charge in [-0.15, -0.1) is 0 Å². The Bertz CT molecular complexity index is 1420. The van der Waals surface area contributed by atoms with Crippen molar-refractivity contribution >= 4 is 33.9 Å². The van der Waals surface area contributed by atoms with Crippen LogP contribution < -0.4 is 10.9 Å². The summed E-state index contributed by atoms with van der Waals surface area (Å²) in [4.78, 5) is 43.8. The second kappa shape index (κ2) is 20.0. The Kier molecular flexibility index (Phi) is 16.9. The molecule has 2 aromatic carbocycles. The molecule has 0 aliphatic carbocycles. The summed E-state index contributed by atoms with van der Waals surface area (Å²) in [6.07, 6.45) is 4.45. The molecule has 13 heteroatoms. The zero-order valence-electron chi connectivity index (χ0n) is 29.0. The van der Waals surface area contributed by atoms with Gasteiger partial charge >= 0.3 is 0 Å². The second-order valence-electron chi connectivity index (χ2n) is 13.1. The van der Waals surface area contributed by atoms with Gasteiger partial charge in [0.05, 0.1) is 23.3 Å². The third-order valence-corrected chi connectivity index (χ3v) is 8.73. The lowest BCUT2D eigenvalue weighted by molar-refractivity contribution is -0.148. The van der Waals surface area contributed by atoms with E-state index in [9.17, 15) is 28.0 Å². The summed E-state index contributed by atoms with van der Waals surface area (Å²) in [6, 6.07) is 15.7. The summed E-state index contributed by atoms with van der Waals surface area (Å²) < 4.78 is 29.6. The first kappa shape index (κ1) is 40.6. The smallest absolute Gasteiger partial charge is 0.294 e. The quantitative estimate of drug-likeness (QED) is 0.139. The van der Waals surface area contributed by atoms with Crippen molar-refractivity contribution in [2.45, 2.75) is 52.4 Å². The van der Waals surface area contributed by atoms with Crippen molar-refractivity contribution in [3.8, 4) is 0 Å². The van der Waals surface area contributed by atoms with Gasteiger partial charge in [-0.25, -0.2) is 5.48 Å². The van der Waals surface area contributed by atoms with E-state index in [0.29, 0.717) is 13.0 Å². The van der Waals surface area contributed by atoms with Gasteiger partial charge in [0, 0.05) is 32.7 Å². The van der Waals surface area contributed by atoms with Gasteiger partial charge in [0.25, 0.3) is 16.0 Å². The Hall–Kier alpha value is -3.62. The van der Waals surface area contributed by atoms with Crippen LogP contribution in [0.4, 0.5) is 0 Å². The summed E-state index contributed by atoms with van der Waals surface area (Å²) in [5.41, 5.74) is 6.52. The molecule has 1 saturated heterocycles. The fraction of sp³-hybridized carbons (Fsp3) is 0.514. The molecule has 1 aliphatic heterocycles. The Morgan fingerprint density at radius 2 is 1.50 bits per heavy atom. The van der Waals surface area contributed by atoms with Crippen molar-refractivity contribution in [1.29, 1.82) is 0 Å². The number of aryl methyl sites for hydroxylation is 1. The van der Waals surface area contributed by atoms with Crippen LogP contribution in [0.1, 0.15) is 51.7 Å². The number of carbonyl (C=O) groups excluding carboxylic acids is 3. The van der Waals surface area contributed by atoms with Crippen LogP contribution in [-0.2, 0) is 24.5 Å². The number of hydrogen-bond donors (Lipinski definition) is 4. The van der Waals surface area contributed by atoms with Gasteiger partial charge in [0.2, 0.25) is 11.8 Å². The molecule has 0 spiro atoms. The number of hydrazine groups is 1. The topological polar surface area (TPSA) is 160 Å². The maximum atomic E-state index is 13.6. The fourth-order valence-corrected chi connectivity index (χ4v) is 5.68. The Morgan fingerprint density at radius 3 is 2.02 bits per heavy atom. The van der Waals surface area contributed by atoms with E-state index in [0.717, 1.165) is 37.3 Å². The highest BCUT2D eigenvalue weighted by atomic mass is 32.2. The van der Waals surface area contributed by atoms with Gasteiger partial charge in [-0.2, -0.15) is 8.42 Å². The molecular formula is C35H53N5O7S. The molecule has 3 amide bonds. The summed E-state index contributed by atoms with van der Waals surface area (Å²) in [6.45, 7) is 13.8. The average molecular weight is 688 g/mol. The molecule has 12 nitrogen and oxygen atoms in total. The van der Waals surface area contributed by atoms with Gasteiger partial charge in [0.15, 0.2) is 0 Å². The number of hydroxylamine groups is 1. The number of carbonyl (C=O) groups is 3. The van der Waals surface area contributed by atoms with Crippen molar-refractivity contribution in [2.24, 2.45) is 23.7 Å². The third kappa shape index (κ3) is 14.7. The van der Waals surface area contributed by atoms with Crippen molar-refractivity contribution in [3.63, 3.8) is 0 Å². The number of nitrogens with one attached hydrogen (secondary N) is 2. The first-order valence-corrected chi connectivity index (χ1v) is 17.8.